The van der Waals surface area contributed by atoms with Crippen LogP contribution in [0.3, 0.4) is 0 Å². The predicted octanol–water partition coefficient (Wildman–Crippen LogP) is 2.63. The van der Waals surface area contributed by atoms with E-state index in [9.17, 15) is 16.8 Å². The lowest BCUT2D eigenvalue weighted by Gasteiger charge is -2.24. The van der Waals surface area contributed by atoms with Crippen molar-refractivity contribution in [1.82, 2.24) is 4.31 Å². The Hall–Kier alpha value is -1.90. The first kappa shape index (κ1) is 19.9. The molecule has 1 heterocycles. The molecule has 1 atom stereocenters. The quantitative estimate of drug-likeness (QED) is 0.733. The molecule has 0 aromatic heterocycles. The second kappa shape index (κ2) is 7.61. The zero-order valence-electron chi connectivity index (χ0n) is 15.3. The van der Waals surface area contributed by atoms with Crippen LogP contribution in [0.15, 0.2) is 58.3 Å². The number of rotatable bonds is 6. The van der Waals surface area contributed by atoms with Crippen molar-refractivity contribution in [3.8, 4) is 5.75 Å². The monoisotopic (exact) mass is 409 g/mol. The zero-order valence-corrected chi connectivity index (χ0v) is 17.0. The third-order valence-electron chi connectivity index (χ3n) is 4.81. The van der Waals surface area contributed by atoms with Gasteiger partial charge in [0.2, 0.25) is 10.0 Å². The van der Waals surface area contributed by atoms with Gasteiger partial charge in [-0.3, -0.25) is 0 Å². The SMILES string of the molecule is COc1ccc(S(=O)(=O)N2CCCC2CS(=O)(=O)c2ccccc2)cc1C. The molecule has 1 saturated heterocycles. The molecular weight excluding hydrogens is 386 g/mol. The second-order valence-electron chi connectivity index (χ2n) is 6.64. The number of sulfone groups is 1. The summed E-state index contributed by atoms with van der Waals surface area (Å²) >= 11 is 0. The molecule has 27 heavy (non-hydrogen) atoms. The molecule has 8 heteroatoms. The van der Waals surface area contributed by atoms with Crippen molar-refractivity contribution in [2.75, 3.05) is 19.4 Å². The Morgan fingerprint density at radius 1 is 1.04 bits per heavy atom. The highest BCUT2D eigenvalue weighted by Gasteiger charge is 2.38. The van der Waals surface area contributed by atoms with Crippen LogP contribution < -0.4 is 4.74 Å². The summed E-state index contributed by atoms with van der Waals surface area (Å²) in [5.74, 6) is 0.393. The van der Waals surface area contributed by atoms with Gasteiger partial charge in [-0.25, -0.2) is 16.8 Å². The van der Waals surface area contributed by atoms with Gasteiger partial charge in [-0.15, -0.1) is 0 Å². The fourth-order valence-corrected chi connectivity index (χ4v) is 6.91. The summed E-state index contributed by atoms with van der Waals surface area (Å²) in [4.78, 5) is 0.374. The van der Waals surface area contributed by atoms with E-state index in [1.165, 1.54) is 29.6 Å². The number of ether oxygens (including phenoxy) is 1. The number of nitrogens with zero attached hydrogens (tertiary/aromatic N) is 1. The maximum Gasteiger partial charge on any atom is 0.243 e. The molecule has 0 N–H and O–H groups in total. The topological polar surface area (TPSA) is 80.8 Å². The van der Waals surface area contributed by atoms with E-state index in [2.05, 4.69) is 0 Å². The fourth-order valence-electron chi connectivity index (χ4n) is 3.42. The van der Waals surface area contributed by atoms with E-state index in [0.29, 0.717) is 30.7 Å². The molecule has 1 unspecified atom stereocenters. The molecule has 0 amide bonds. The number of aryl methyl sites for hydroxylation is 1. The largest absolute Gasteiger partial charge is 0.496 e. The molecule has 0 aliphatic carbocycles. The van der Waals surface area contributed by atoms with Crippen molar-refractivity contribution in [1.29, 1.82) is 0 Å². The van der Waals surface area contributed by atoms with E-state index in [1.807, 2.05) is 0 Å². The Bertz CT molecular complexity index is 1020. The van der Waals surface area contributed by atoms with Crippen LogP contribution in [-0.4, -0.2) is 46.6 Å². The Balaban J connectivity index is 1.88. The van der Waals surface area contributed by atoms with E-state index < -0.39 is 25.9 Å². The Morgan fingerprint density at radius 2 is 1.74 bits per heavy atom. The number of benzene rings is 2. The molecule has 0 radical (unpaired) electrons. The first-order valence-corrected chi connectivity index (χ1v) is 11.8. The highest BCUT2D eigenvalue weighted by Crippen LogP contribution is 2.30. The molecule has 146 valence electrons. The molecule has 2 aromatic rings. The van der Waals surface area contributed by atoms with Gasteiger partial charge in [-0.1, -0.05) is 18.2 Å². The first-order valence-electron chi connectivity index (χ1n) is 8.70. The molecule has 2 aromatic carbocycles. The average Bonchev–Trinajstić information content (AvgIpc) is 3.10. The third kappa shape index (κ3) is 4.02. The smallest absolute Gasteiger partial charge is 0.243 e. The molecule has 6 nitrogen and oxygen atoms in total. The standard InChI is InChI=1S/C19H23NO5S2/c1-15-13-18(10-11-19(15)25-2)27(23,24)20-12-6-7-16(20)14-26(21,22)17-8-4-3-5-9-17/h3-5,8-11,13,16H,6-7,12,14H2,1-2H3. The summed E-state index contributed by atoms with van der Waals surface area (Å²) in [6, 6.07) is 12.3. The van der Waals surface area contributed by atoms with Crippen LogP contribution in [0.2, 0.25) is 0 Å². The van der Waals surface area contributed by atoms with Gasteiger partial charge in [0.05, 0.1) is 22.7 Å². The van der Waals surface area contributed by atoms with Gasteiger partial charge in [-0.2, -0.15) is 4.31 Å². The van der Waals surface area contributed by atoms with Gasteiger partial charge in [0.15, 0.2) is 9.84 Å². The molecule has 3 rings (SSSR count). The van der Waals surface area contributed by atoms with Crippen LogP contribution in [0.5, 0.6) is 5.75 Å². The van der Waals surface area contributed by atoms with Crippen LogP contribution in [0.1, 0.15) is 18.4 Å². The lowest BCUT2D eigenvalue weighted by molar-refractivity contribution is 0.405. The van der Waals surface area contributed by atoms with Gasteiger partial charge in [0.25, 0.3) is 0 Å². The fraction of sp³-hybridized carbons (Fsp3) is 0.368. The van der Waals surface area contributed by atoms with Gasteiger partial charge < -0.3 is 4.74 Å². The maximum atomic E-state index is 13.1. The molecule has 1 fully saturated rings. The molecule has 0 bridgehead atoms. The predicted molar refractivity (Wildman–Crippen MR) is 103 cm³/mol. The van der Waals surface area contributed by atoms with Crippen LogP contribution in [-0.2, 0) is 19.9 Å². The van der Waals surface area contributed by atoms with Gasteiger partial charge >= 0.3 is 0 Å². The van der Waals surface area contributed by atoms with E-state index >= 15 is 0 Å². The van der Waals surface area contributed by atoms with E-state index in [1.54, 1.807) is 37.3 Å². The van der Waals surface area contributed by atoms with Crippen LogP contribution >= 0.6 is 0 Å². The van der Waals surface area contributed by atoms with E-state index in [-0.39, 0.29) is 15.5 Å². The summed E-state index contributed by atoms with van der Waals surface area (Å²) < 4.78 is 58.1. The summed E-state index contributed by atoms with van der Waals surface area (Å²) in [5.41, 5.74) is 0.714. The normalized spacial score (nSPS) is 18.5. The molecule has 0 spiro atoms. The minimum absolute atomic E-state index is 0.157. The Kier molecular flexibility index (Phi) is 5.60. The van der Waals surface area contributed by atoms with Crippen molar-refractivity contribution in [2.45, 2.75) is 35.6 Å². The molecule has 0 saturated carbocycles. The van der Waals surface area contributed by atoms with Crippen molar-refractivity contribution in [2.24, 2.45) is 0 Å². The second-order valence-corrected chi connectivity index (χ2v) is 10.6. The Morgan fingerprint density at radius 3 is 2.37 bits per heavy atom. The number of methoxy groups -OCH3 is 1. The van der Waals surface area contributed by atoms with Crippen LogP contribution in [0.25, 0.3) is 0 Å². The first-order chi connectivity index (χ1) is 12.8. The number of hydrogen-bond acceptors (Lipinski definition) is 5. The molecule has 1 aliphatic rings. The highest BCUT2D eigenvalue weighted by molar-refractivity contribution is 7.91. The van der Waals surface area contributed by atoms with E-state index in [0.717, 1.165) is 0 Å². The molecular formula is C19H23NO5S2. The Labute approximate surface area is 160 Å². The highest BCUT2D eigenvalue weighted by atomic mass is 32.2. The van der Waals surface area contributed by atoms with Gasteiger partial charge in [-0.05, 0) is 55.7 Å². The molecule has 1 aliphatic heterocycles. The number of sulfonamides is 1. The van der Waals surface area contributed by atoms with Crippen molar-refractivity contribution in [3.05, 3.63) is 54.1 Å². The average molecular weight is 410 g/mol. The number of hydrogen-bond donors (Lipinski definition) is 0. The zero-order chi connectivity index (χ0) is 19.7. The summed E-state index contributed by atoms with van der Waals surface area (Å²) in [6.45, 7) is 2.10. The van der Waals surface area contributed by atoms with Gasteiger partial charge in [0, 0.05) is 12.6 Å². The summed E-state index contributed by atoms with van der Waals surface area (Å²) in [6.07, 6.45) is 1.17. The van der Waals surface area contributed by atoms with Crippen molar-refractivity contribution < 1.29 is 21.6 Å². The minimum atomic E-state index is -3.78. The van der Waals surface area contributed by atoms with Crippen molar-refractivity contribution >= 4 is 19.9 Å². The minimum Gasteiger partial charge on any atom is -0.496 e. The van der Waals surface area contributed by atoms with Gasteiger partial charge in [0.1, 0.15) is 5.75 Å². The lowest BCUT2D eigenvalue weighted by atomic mass is 10.2. The summed E-state index contributed by atoms with van der Waals surface area (Å²) in [7, 11) is -5.81. The third-order valence-corrected chi connectivity index (χ3v) is 8.57. The van der Waals surface area contributed by atoms with Crippen LogP contribution in [0.4, 0.5) is 0 Å². The van der Waals surface area contributed by atoms with E-state index in [4.69, 9.17) is 4.74 Å². The summed E-state index contributed by atoms with van der Waals surface area (Å²) in [5, 5.41) is 0. The van der Waals surface area contributed by atoms with Crippen LogP contribution in [0, 0.1) is 6.92 Å². The lowest BCUT2D eigenvalue weighted by Crippen LogP contribution is -2.39. The maximum absolute atomic E-state index is 13.1. The van der Waals surface area contributed by atoms with Crippen molar-refractivity contribution in [3.63, 3.8) is 0 Å².